The molecule has 0 bridgehead atoms. The molecule has 0 spiro atoms. The normalized spacial score (nSPS) is 15.7. The summed E-state index contributed by atoms with van der Waals surface area (Å²) in [5, 5.41) is 3.74. The Kier molecular flexibility index (Phi) is 8.68. The van der Waals surface area contributed by atoms with E-state index in [0.29, 0.717) is 37.1 Å². The van der Waals surface area contributed by atoms with Gasteiger partial charge in [-0.2, -0.15) is 13.2 Å². The van der Waals surface area contributed by atoms with E-state index in [1.807, 2.05) is 37.3 Å². The van der Waals surface area contributed by atoms with E-state index < -0.39 is 42.0 Å². The highest BCUT2D eigenvalue weighted by molar-refractivity contribution is 5.86. The van der Waals surface area contributed by atoms with E-state index in [1.165, 1.54) is 0 Å². The average Bonchev–Trinajstić information content (AvgIpc) is 3.48. The van der Waals surface area contributed by atoms with Crippen LogP contribution in [0.25, 0.3) is 22.2 Å². The molecule has 1 atom stereocenters. The largest absolute Gasteiger partial charge is 0.573 e. The van der Waals surface area contributed by atoms with Gasteiger partial charge in [0.1, 0.15) is 11.5 Å². The third kappa shape index (κ3) is 7.49. The van der Waals surface area contributed by atoms with Crippen LogP contribution in [-0.4, -0.2) is 40.7 Å². The molecule has 1 aliphatic rings. The second-order valence-electron chi connectivity index (χ2n) is 10.6. The molecule has 5 rings (SSSR count). The van der Waals surface area contributed by atoms with Crippen molar-refractivity contribution in [3.05, 3.63) is 78.1 Å². The number of fused-ring (bicyclic) bond motifs is 1. The first-order valence-electron chi connectivity index (χ1n) is 13.9. The van der Waals surface area contributed by atoms with Crippen molar-refractivity contribution >= 4 is 22.8 Å². The average molecular weight is 636 g/mol. The zero-order chi connectivity index (χ0) is 32.4. The molecule has 2 aromatic heterocycles. The number of aromatic nitrogens is 2. The van der Waals surface area contributed by atoms with E-state index in [9.17, 15) is 35.9 Å². The molecule has 0 saturated heterocycles. The Balaban J connectivity index is 1.42. The molecule has 2 N–H and O–H groups in total. The summed E-state index contributed by atoms with van der Waals surface area (Å²) >= 11 is 0. The zero-order valence-corrected chi connectivity index (χ0v) is 23.7. The van der Waals surface area contributed by atoms with Gasteiger partial charge < -0.3 is 24.5 Å². The lowest BCUT2D eigenvalue weighted by molar-refractivity contribution is -0.274. The number of halogens is 6. The maximum Gasteiger partial charge on any atom is 0.573 e. The molecule has 238 valence electrons. The summed E-state index contributed by atoms with van der Waals surface area (Å²) in [7, 11) is 0. The van der Waals surface area contributed by atoms with Gasteiger partial charge >= 0.3 is 30.7 Å². The first-order valence-corrected chi connectivity index (χ1v) is 13.9. The fourth-order valence-corrected chi connectivity index (χ4v) is 5.37. The highest BCUT2D eigenvalue weighted by atomic mass is 19.4. The first kappa shape index (κ1) is 31.7. The van der Waals surface area contributed by atoms with Crippen LogP contribution in [-0.2, 0) is 19.9 Å². The number of para-hydroxylation sites is 1. The van der Waals surface area contributed by atoms with Crippen LogP contribution in [0.15, 0.2) is 66.9 Å². The Labute approximate surface area is 252 Å². The maximum absolute atomic E-state index is 13.5. The van der Waals surface area contributed by atoms with Gasteiger partial charge in [0.2, 0.25) is 0 Å². The number of nitrogens with zero attached hydrogens (tertiary/aromatic N) is 1. The Morgan fingerprint density at radius 3 is 2.27 bits per heavy atom. The van der Waals surface area contributed by atoms with Crippen LogP contribution in [0.1, 0.15) is 43.4 Å². The molecule has 4 aromatic rings. The van der Waals surface area contributed by atoms with Gasteiger partial charge in [-0.3, -0.25) is 4.79 Å². The fraction of sp³-hybridized carbons (Fsp3) is 0.323. The van der Waals surface area contributed by atoms with Crippen LogP contribution < -0.4 is 14.8 Å². The highest BCUT2D eigenvalue weighted by Gasteiger charge is 2.46. The van der Waals surface area contributed by atoms with Gasteiger partial charge in [0.05, 0.1) is 16.7 Å². The van der Waals surface area contributed by atoms with E-state index in [2.05, 4.69) is 19.8 Å². The second kappa shape index (κ2) is 12.3. The number of ether oxygens (including phenoxy) is 3. The van der Waals surface area contributed by atoms with Crippen molar-refractivity contribution in [2.75, 3.05) is 0 Å². The lowest BCUT2D eigenvalue weighted by atomic mass is 9.79. The molecular weight excluding hydrogens is 608 g/mol. The molecular formula is C31H27F6N3O5. The smallest absolute Gasteiger partial charge is 0.446 e. The number of alkyl halides is 6. The number of rotatable bonds is 8. The van der Waals surface area contributed by atoms with Gasteiger partial charge in [0.15, 0.2) is 0 Å². The summed E-state index contributed by atoms with van der Waals surface area (Å²) in [5.74, 6) is -4.86. The zero-order valence-electron chi connectivity index (χ0n) is 23.7. The second-order valence-corrected chi connectivity index (χ2v) is 10.6. The van der Waals surface area contributed by atoms with Crippen LogP contribution in [0.5, 0.6) is 11.5 Å². The standard InChI is InChI=1S/C31H27F6N3O5/c1-18-15-24(39-23-8-4-3-7-22(18)23)19-16-25(38-17-19)29(13-5-2-6-14-29)40-26(41)27(44-28(42)30(32,33)34)43-20-9-11-21(12-10-20)45-31(35,36)37/h3-4,7-12,15-17,27,38H,2,5-6,13-14H2,1H3,(H,40,41). The Hall–Kier alpha value is -4.75. The van der Waals surface area contributed by atoms with Crippen LogP contribution in [0.4, 0.5) is 26.3 Å². The summed E-state index contributed by atoms with van der Waals surface area (Å²) in [6.07, 6.45) is -8.11. The van der Waals surface area contributed by atoms with Gasteiger partial charge in [-0.25, -0.2) is 9.78 Å². The third-order valence-corrected chi connectivity index (χ3v) is 7.45. The molecule has 45 heavy (non-hydrogen) atoms. The number of hydrogen-bond donors (Lipinski definition) is 2. The third-order valence-electron chi connectivity index (χ3n) is 7.45. The summed E-state index contributed by atoms with van der Waals surface area (Å²) in [6.45, 7) is 1.96. The van der Waals surface area contributed by atoms with Crippen LogP contribution >= 0.6 is 0 Å². The van der Waals surface area contributed by atoms with E-state index in [1.54, 1.807) is 12.3 Å². The van der Waals surface area contributed by atoms with Crippen molar-refractivity contribution in [3.8, 4) is 22.8 Å². The number of benzene rings is 2. The quantitative estimate of drug-likeness (QED) is 0.120. The minimum Gasteiger partial charge on any atom is -0.446 e. The van der Waals surface area contributed by atoms with Crippen LogP contribution in [0, 0.1) is 6.92 Å². The molecule has 0 aliphatic heterocycles. The van der Waals surface area contributed by atoms with Gasteiger partial charge in [0.25, 0.3) is 0 Å². The van der Waals surface area contributed by atoms with Gasteiger partial charge in [0, 0.05) is 22.8 Å². The van der Waals surface area contributed by atoms with Crippen molar-refractivity contribution in [1.29, 1.82) is 0 Å². The van der Waals surface area contributed by atoms with E-state index >= 15 is 0 Å². The molecule has 1 amide bonds. The summed E-state index contributed by atoms with van der Waals surface area (Å²) in [6, 6.07) is 14.9. The van der Waals surface area contributed by atoms with E-state index in [-0.39, 0.29) is 5.75 Å². The number of amides is 1. The fourth-order valence-electron chi connectivity index (χ4n) is 5.37. The Bertz CT molecular complexity index is 1680. The van der Waals surface area contributed by atoms with E-state index in [0.717, 1.165) is 52.7 Å². The van der Waals surface area contributed by atoms with Crippen molar-refractivity contribution in [2.24, 2.45) is 0 Å². The minimum absolute atomic E-state index is 0.350. The Morgan fingerprint density at radius 2 is 1.60 bits per heavy atom. The first-order chi connectivity index (χ1) is 21.2. The molecule has 1 aliphatic carbocycles. The van der Waals surface area contributed by atoms with Crippen LogP contribution in [0.2, 0.25) is 0 Å². The Morgan fingerprint density at radius 1 is 0.933 bits per heavy atom. The number of carbonyl (C=O) groups is 2. The van der Waals surface area contributed by atoms with Crippen molar-refractivity contribution in [1.82, 2.24) is 15.3 Å². The minimum atomic E-state index is -5.45. The number of nitrogens with one attached hydrogen (secondary N) is 2. The predicted octanol–water partition coefficient (Wildman–Crippen LogP) is 7.22. The summed E-state index contributed by atoms with van der Waals surface area (Å²) in [4.78, 5) is 33.2. The number of esters is 1. The number of pyridine rings is 1. The molecule has 8 nitrogen and oxygen atoms in total. The van der Waals surface area contributed by atoms with E-state index in [4.69, 9.17) is 9.72 Å². The predicted molar refractivity (Wildman–Crippen MR) is 149 cm³/mol. The molecule has 0 radical (unpaired) electrons. The number of carbonyl (C=O) groups excluding carboxylic acids is 2. The number of aromatic amines is 1. The van der Waals surface area contributed by atoms with Gasteiger partial charge in [-0.15, -0.1) is 13.2 Å². The summed E-state index contributed by atoms with van der Waals surface area (Å²) < 4.78 is 90.3. The van der Waals surface area contributed by atoms with Crippen molar-refractivity contribution in [3.63, 3.8) is 0 Å². The molecule has 14 heteroatoms. The molecule has 2 aromatic carbocycles. The van der Waals surface area contributed by atoms with Gasteiger partial charge in [-0.1, -0.05) is 37.5 Å². The maximum atomic E-state index is 13.5. The van der Waals surface area contributed by atoms with Crippen LogP contribution in [0.3, 0.4) is 0 Å². The highest BCUT2D eigenvalue weighted by Crippen LogP contribution is 2.39. The lowest BCUT2D eigenvalue weighted by Crippen LogP contribution is -2.53. The number of hydrogen-bond acceptors (Lipinski definition) is 6. The monoisotopic (exact) mass is 635 g/mol. The molecule has 1 saturated carbocycles. The van der Waals surface area contributed by atoms with Crippen molar-refractivity contribution < 1.29 is 50.1 Å². The number of H-pyrrole nitrogens is 1. The van der Waals surface area contributed by atoms with Gasteiger partial charge in [-0.05, 0) is 67.8 Å². The van der Waals surface area contributed by atoms with Crippen molar-refractivity contribution in [2.45, 2.75) is 63.4 Å². The summed E-state index contributed by atoms with van der Waals surface area (Å²) in [5.41, 5.74) is 2.66. The molecule has 2 heterocycles. The molecule has 1 fully saturated rings. The SMILES string of the molecule is Cc1cc(-c2c[nH]c(C3(NC(=O)C(OC(=O)C(F)(F)F)Oc4ccc(OC(F)(F)F)cc4)CCCCC3)c2)nc2ccccc12. The number of aryl methyl sites for hydroxylation is 1. The topological polar surface area (TPSA) is 103 Å². The lowest BCUT2D eigenvalue weighted by Gasteiger charge is -2.38. The molecule has 1 unspecified atom stereocenters.